The number of hydrogen-bond acceptors (Lipinski definition) is 3. The van der Waals surface area contributed by atoms with E-state index in [1.165, 1.54) is 6.92 Å². The van der Waals surface area contributed by atoms with Crippen LogP contribution >= 0.6 is 23.2 Å². The summed E-state index contributed by atoms with van der Waals surface area (Å²) in [6.07, 6.45) is 1.79. The summed E-state index contributed by atoms with van der Waals surface area (Å²) < 4.78 is 0. The van der Waals surface area contributed by atoms with Gasteiger partial charge in [-0.05, 0) is 31.0 Å². The van der Waals surface area contributed by atoms with Crippen molar-refractivity contribution >= 4 is 40.7 Å². The Labute approximate surface area is 139 Å². The first-order valence-corrected chi connectivity index (χ1v) is 7.94. The Morgan fingerprint density at radius 2 is 1.95 bits per heavy atom. The lowest BCUT2D eigenvalue weighted by atomic mass is 10.1. The van der Waals surface area contributed by atoms with Crippen molar-refractivity contribution in [3.63, 3.8) is 0 Å². The van der Waals surface area contributed by atoms with Gasteiger partial charge in [-0.2, -0.15) is 0 Å². The first kappa shape index (κ1) is 16.9. The molecule has 2 N–H and O–H groups in total. The van der Waals surface area contributed by atoms with Gasteiger partial charge in [0.2, 0.25) is 11.8 Å². The van der Waals surface area contributed by atoms with Crippen LogP contribution in [0.5, 0.6) is 0 Å². The van der Waals surface area contributed by atoms with Crippen molar-refractivity contribution in [2.45, 2.75) is 25.8 Å². The number of carbonyl (C=O) groups excluding carboxylic acids is 2. The molecule has 2 amide bonds. The molecule has 7 heteroatoms. The SMILES string of the molecule is CC(=O)N[C@@H]1CCCN(C(=O)CNc2cc(Cl)cc(Cl)c2)C1. The number of nitrogens with one attached hydrogen (secondary N) is 2. The number of piperidine rings is 1. The molecule has 1 aliphatic heterocycles. The van der Waals surface area contributed by atoms with E-state index in [-0.39, 0.29) is 24.4 Å². The highest BCUT2D eigenvalue weighted by Gasteiger charge is 2.23. The van der Waals surface area contributed by atoms with Gasteiger partial charge < -0.3 is 15.5 Å². The van der Waals surface area contributed by atoms with E-state index in [0.29, 0.717) is 28.8 Å². The summed E-state index contributed by atoms with van der Waals surface area (Å²) in [6, 6.07) is 5.11. The average molecular weight is 344 g/mol. The fraction of sp³-hybridized carbons (Fsp3) is 0.467. The Morgan fingerprint density at radius 1 is 1.27 bits per heavy atom. The first-order chi connectivity index (χ1) is 10.4. The number of amides is 2. The second kappa shape index (κ2) is 7.70. The molecule has 0 bridgehead atoms. The minimum atomic E-state index is -0.0639. The molecule has 1 atom stereocenters. The summed E-state index contributed by atoms with van der Waals surface area (Å²) in [5.74, 6) is -0.0721. The number of hydrogen-bond donors (Lipinski definition) is 2. The molecule has 1 aromatic carbocycles. The standard InChI is InChI=1S/C15H19Cl2N3O2/c1-10(21)19-13-3-2-4-20(9-13)15(22)8-18-14-6-11(16)5-12(17)7-14/h5-7,13,18H,2-4,8-9H2,1H3,(H,19,21)/t13-/m1/s1. The average Bonchev–Trinajstić information content (AvgIpc) is 2.43. The van der Waals surface area contributed by atoms with Crippen LogP contribution < -0.4 is 10.6 Å². The molecule has 1 heterocycles. The predicted octanol–water partition coefficient (Wildman–Crippen LogP) is 2.53. The lowest BCUT2D eigenvalue weighted by molar-refractivity contribution is -0.131. The van der Waals surface area contributed by atoms with Gasteiger partial charge in [0.15, 0.2) is 0 Å². The second-order valence-electron chi connectivity index (χ2n) is 5.39. The van der Waals surface area contributed by atoms with E-state index >= 15 is 0 Å². The van der Waals surface area contributed by atoms with Gasteiger partial charge in [-0.1, -0.05) is 23.2 Å². The summed E-state index contributed by atoms with van der Waals surface area (Å²) in [5.41, 5.74) is 0.710. The van der Waals surface area contributed by atoms with Gasteiger partial charge in [-0.3, -0.25) is 9.59 Å². The van der Waals surface area contributed by atoms with Crippen molar-refractivity contribution in [3.05, 3.63) is 28.2 Å². The monoisotopic (exact) mass is 343 g/mol. The summed E-state index contributed by atoms with van der Waals surface area (Å²) in [5, 5.41) is 6.94. The zero-order chi connectivity index (χ0) is 16.1. The molecule has 5 nitrogen and oxygen atoms in total. The third kappa shape index (κ3) is 5.07. The molecule has 0 unspecified atom stereocenters. The smallest absolute Gasteiger partial charge is 0.241 e. The van der Waals surface area contributed by atoms with Gasteiger partial charge in [-0.25, -0.2) is 0 Å². The summed E-state index contributed by atoms with van der Waals surface area (Å²) in [7, 11) is 0. The fourth-order valence-corrected chi connectivity index (χ4v) is 3.08. The van der Waals surface area contributed by atoms with Crippen molar-refractivity contribution in [3.8, 4) is 0 Å². The number of halogens is 2. The predicted molar refractivity (Wildman–Crippen MR) is 88.4 cm³/mol. The molecule has 120 valence electrons. The highest BCUT2D eigenvalue weighted by Crippen LogP contribution is 2.22. The molecule has 0 aromatic heterocycles. The van der Waals surface area contributed by atoms with Crippen molar-refractivity contribution in [2.24, 2.45) is 0 Å². The fourth-order valence-electron chi connectivity index (χ4n) is 2.55. The van der Waals surface area contributed by atoms with E-state index in [0.717, 1.165) is 12.8 Å². The maximum absolute atomic E-state index is 12.3. The maximum atomic E-state index is 12.3. The molecule has 0 aliphatic carbocycles. The number of likely N-dealkylation sites (tertiary alicyclic amines) is 1. The van der Waals surface area contributed by atoms with Gasteiger partial charge in [0.1, 0.15) is 0 Å². The van der Waals surface area contributed by atoms with E-state index in [9.17, 15) is 9.59 Å². The molecule has 1 aliphatic rings. The van der Waals surface area contributed by atoms with Crippen LogP contribution in [-0.4, -0.2) is 42.4 Å². The van der Waals surface area contributed by atoms with Crippen molar-refractivity contribution in [1.29, 1.82) is 0 Å². The van der Waals surface area contributed by atoms with Gasteiger partial charge in [0.05, 0.1) is 6.54 Å². The molecule has 0 saturated carbocycles. The Hall–Kier alpha value is -1.46. The molecule has 2 rings (SSSR count). The Bertz CT molecular complexity index is 545. The quantitative estimate of drug-likeness (QED) is 0.882. The number of rotatable bonds is 4. The number of nitrogens with zero attached hydrogens (tertiary/aromatic N) is 1. The molecule has 0 radical (unpaired) electrons. The van der Waals surface area contributed by atoms with E-state index in [1.54, 1.807) is 23.1 Å². The number of benzene rings is 1. The zero-order valence-electron chi connectivity index (χ0n) is 12.4. The maximum Gasteiger partial charge on any atom is 0.241 e. The van der Waals surface area contributed by atoms with Crippen molar-refractivity contribution in [2.75, 3.05) is 25.0 Å². The van der Waals surface area contributed by atoms with Gasteiger partial charge in [0, 0.05) is 41.8 Å². The van der Waals surface area contributed by atoms with Crippen LogP contribution in [0.15, 0.2) is 18.2 Å². The highest BCUT2D eigenvalue weighted by molar-refractivity contribution is 6.35. The third-order valence-corrected chi connectivity index (χ3v) is 3.92. The van der Waals surface area contributed by atoms with E-state index < -0.39 is 0 Å². The molecule has 0 spiro atoms. The van der Waals surface area contributed by atoms with Crippen LogP contribution in [0.1, 0.15) is 19.8 Å². The largest absolute Gasteiger partial charge is 0.376 e. The Balaban J connectivity index is 1.87. The van der Waals surface area contributed by atoms with Crippen molar-refractivity contribution in [1.82, 2.24) is 10.2 Å². The topological polar surface area (TPSA) is 61.4 Å². The minimum Gasteiger partial charge on any atom is -0.376 e. The normalized spacial score (nSPS) is 18.0. The van der Waals surface area contributed by atoms with Gasteiger partial charge in [-0.15, -0.1) is 0 Å². The van der Waals surface area contributed by atoms with Crippen LogP contribution in [-0.2, 0) is 9.59 Å². The molecule has 1 aromatic rings. The van der Waals surface area contributed by atoms with Gasteiger partial charge in [0.25, 0.3) is 0 Å². The van der Waals surface area contributed by atoms with Crippen LogP contribution in [0.4, 0.5) is 5.69 Å². The third-order valence-electron chi connectivity index (χ3n) is 3.49. The second-order valence-corrected chi connectivity index (χ2v) is 6.26. The van der Waals surface area contributed by atoms with E-state index in [1.807, 2.05) is 0 Å². The molecule has 1 fully saturated rings. The molecular weight excluding hydrogens is 325 g/mol. The van der Waals surface area contributed by atoms with Crippen LogP contribution in [0.3, 0.4) is 0 Å². The van der Waals surface area contributed by atoms with E-state index in [4.69, 9.17) is 23.2 Å². The Kier molecular flexibility index (Phi) is 5.91. The van der Waals surface area contributed by atoms with Crippen LogP contribution in [0.2, 0.25) is 10.0 Å². The number of anilines is 1. The molecule has 22 heavy (non-hydrogen) atoms. The highest BCUT2D eigenvalue weighted by atomic mass is 35.5. The zero-order valence-corrected chi connectivity index (χ0v) is 13.9. The molecular formula is C15H19Cl2N3O2. The minimum absolute atomic E-state index is 0.00819. The Morgan fingerprint density at radius 3 is 2.59 bits per heavy atom. The summed E-state index contributed by atoms with van der Waals surface area (Å²) in [6.45, 7) is 2.93. The molecule has 1 saturated heterocycles. The lowest BCUT2D eigenvalue weighted by Crippen LogP contribution is -2.50. The summed E-state index contributed by atoms with van der Waals surface area (Å²) >= 11 is 11.8. The van der Waals surface area contributed by atoms with Crippen molar-refractivity contribution < 1.29 is 9.59 Å². The van der Waals surface area contributed by atoms with Crippen LogP contribution in [0, 0.1) is 0 Å². The first-order valence-electron chi connectivity index (χ1n) is 7.19. The van der Waals surface area contributed by atoms with Crippen LogP contribution in [0.25, 0.3) is 0 Å². The van der Waals surface area contributed by atoms with Gasteiger partial charge >= 0.3 is 0 Å². The lowest BCUT2D eigenvalue weighted by Gasteiger charge is -2.33. The summed E-state index contributed by atoms with van der Waals surface area (Å²) in [4.78, 5) is 25.1. The van der Waals surface area contributed by atoms with E-state index in [2.05, 4.69) is 10.6 Å². The number of carbonyl (C=O) groups is 2.